The summed E-state index contributed by atoms with van der Waals surface area (Å²) in [6, 6.07) is 0.908. The molecular formula is C17H30N2. The van der Waals surface area contributed by atoms with E-state index < -0.39 is 0 Å². The Balaban J connectivity index is 1.65. The van der Waals surface area contributed by atoms with Crippen molar-refractivity contribution in [3.05, 3.63) is 0 Å². The van der Waals surface area contributed by atoms with Gasteiger partial charge in [0.1, 0.15) is 0 Å². The van der Waals surface area contributed by atoms with Gasteiger partial charge >= 0.3 is 0 Å². The van der Waals surface area contributed by atoms with Crippen molar-refractivity contribution in [3.63, 3.8) is 0 Å². The largest absolute Gasteiger partial charge is 0.311 e. The average Bonchev–Trinajstić information content (AvgIpc) is 2.40. The van der Waals surface area contributed by atoms with Gasteiger partial charge in [0.15, 0.2) is 0 Å². The first-order chi connectivity index (χ1) is 9.18. The summed E-state index contributed by atoms with van der Waals surface area (Å²) in [5.41, 5.74) is 0.524. The Kier molecular flexibility index (Phi) is 2.97. The molecule has 2 aliphatic carbocycles. The molecule has 2 saturated carbocycles. The van der Waals surface area contributed by atoms with E-state index >= 15 is 0 Å². The van der Waals surface area contributed by atoms with E-state index in [1.165, 1.54) is 58.0 Å². The molecular weight excluding hydrogens is 232 g/mol. The van der Waals surface area contributed by atoms with Crippen LogP contribution < -0.4 is 5.32 Å². The number of likely N-dealkylation sites (tertiary alicyclic amines) is 1. The van der Waals surface area contributed by atoms with Crippen molar-refractivity contribution >= 4 is 0 Å². The predicted molar refractivity (Wildman–Crippen MR) is 79.1 cm³/mol. The fraction of sp³-hybridized carbons (Fsp3) is 1.00. The summed E-state index contributed by atoms with van der Waals surface area (Å²) in [5.74, 6) is 3.92. The van der Waals surface area contributed by atoms with Crippen LogP contribution in [-0.4, -0.2) is 36.6 Å². The molecule has 0 aromatic heterocycles. The van der Waals surface area contributed by atoms with Crippen LogP contribution in [0.2, 0.25) is 0 Å². The van der Waals surface area contributed by atoms with Gasteiger partial charge in [0.2, 0.25) is 0 Å². The van der Waals surface area contributed by atoms with E-state index in [-0.39, 0.29) is 0 Å². The van der Waals surface area contributed by atoms with Gasteiger partial charge in [-0.1, -0.05) is 13.3 Å². The molecule has 2 heteroatoms. The summed E-state index contributed by atoms with van der Waals surface area (Å²) in [6.45, 7) is 5.12. The summed E-state index contributed by atoms with van der Waals surface area (Å²) in [5, 5.41) is 4.00. The van der Waals surface area contributed by atoms with E-state index in [1.54, 1.807) is 0 Å². The first kappa shape index (κ1) is 12.6. The monoisotopic (exact) mass is 262 g/mol. The standard InChI is InChI=1S/C17H30N2/c1-12-7-13-10-17(5-3-4-6-18-17)14-9-15(13)16(8-12)19(2)11-14/h12-16,18H,3-11H2,1-2H3/t12?,13?,14?,15?,16-,17+/m0/s1. The summed E-state index contributed by atoms with van der Waals surface area (Å²) in [6.07, 6.45) is 10.3. The Morgan fingerprint density at radius 2 is 2.05 bits per heavy atom. The summed E-state index contributed by atoms with van der Waals surface area (Å²) < 4.78 is 0. The summed E-state index contributed by atoms with van der Waals surface area (Å²) in [4.78, 5) is 2.73. The van der Waals surface area contributed by atoms with Crippen LogP contribution in [0.5, 0.6) is 0 Å². The molecule has 0 radical (unpaired) electrons. The minimum absolute atomic E-state index is 0.524. The Labute approximate surface area is 118 Å². The quantitative estimate of drug-likeness (QED) is 0.722. The van der Waals surface area contributed by atoms with Crippen molar-refractivity contribution in [3.8, 4) is 0 Å². The van der Waals surface area contributed by atoms with Crippen molar-refractivity contribution in [1.29, 1.82) is 0 Å². The van der Waals surface area contributed by atoms with E-state index in [0.29, 0.717) is 5.54 Å². The molecule has 0 aromatic carbocycles. The van der Waals surface area contributed by atoms with Crippen molar-refractivity contribution in [2.24, 2.45) is 23.7 Å². The molecule has 0 amide bonds. The lowest BCUT2D eigenvalue weighted by atomic mass is 9.53. The molecule has 1 N–H and O–H groups in total. The molecule has 4 unspecified atom stereocenters. The van der Waals surface area contributed by atoms with Gasteiger partial charge in [-0.2, -0.15) is 0 Å². The zero-order valence-electron chi connectivity index (χ0n) is 12.7. The van der Waals surface area contributed by atoms with Gasteiger partial charge in [-0.25, -0.2) is 0 Å². The normalized spacial score (nSPS) is 54.3. The molecule has 0 aromatic rings. The van der Waals surface area contributed by atoms with Crippen molar-refractivity contribution in [1.82, 2.24) is 10.2 Å². The molecule has 4 aliphatic rings. The molecule has 2 heterocycles. The maximum atomic E-state index is 4.00. The zero-order chi connectivity index (χ0) is 13.0. The molecule has 1 spiro atoms. The molecule has 19 heavy (non-hydrogen) atoms. The molecule has 6 atom stereocenters. The number of rotatable bonds is 0. The van der Waals surface area contributed by atoms with Gasteiger partial charge < -0.3 is 10.2 Å². The smallest absolute Gasteiger partial charge is 0.0224 e. The lowest BCUT2D eigenvalue weighted by Gasteiger charge is -2.61. The number of fused-ring (bicyclic) bond motifs is 2. The Hall–Kier alpha value is -0.0800. The predicted octanol–water partition coefficient (Wildman–Crippen LogP) is 2.89. The SMILES string of the molecule is CC1CC2C[C@]3(CCCCN3)C3CC2[C@H](C1)N(C)C3. The maximum absolute atomic E-state index is 4.00. The number of piperidine rings is 2. The zero-order valence-corrected chi connectivity index (χ0v) is 12.7. The minimum atomic E-state index is 0.524. The molecule has 108 valence electrons. The minimum Gasteiger partial charge on any atom is -0.311 e. The average molecular weight is 262 g/mol. The van der Waals surface area contributed by atoms with E-state index in [9.17, 15) is 0 Å². The molecule has 2 aliphatic heterocycles. The topological polar surface area (TPSA) is 15.3 Å². The number of hydrogen-bond donors (Lipinski definition) is 1. The maximum Gasteiger partial charge on any atom is 0.0224 e. The third-order valence-electron chi connectivity index (χ3n) is 7.01. The fourth-order valence-electron chi connectivity index (χ4n) is 6.21. The summed E-state index contributed by atoms with van der Waals surface area (Å²) in [7, 11) is 2.40. The number of nitrogens with one attached hydrogen (secondary N) is 1. The van der Waals surface area contributed by atoms with Crippen LogP contribution in [0.25, 0.3) is 0 Å². The van der Waals surface area contributed by atoms with Crippen molar-refractivity contribution in [2.45, 2.75) is 63.5 Å². The van der Waals surface area contributed by atoms with Crippen LogP contribution >= 0.6 is 0 Å². The van der Waals surface area contributed by atoms with Gasteiger partial charge in [0.25, 0.3) is 0 Å². The second-order valence-corrected chi connectivity index (χ2v) is 8.18. The van der Waals surface area contributed by atoms with Crippen LogP contribution in [0.4, 0.5) is 0 Å². The van der Waals surface area contributed by atoms with Gasteiger partial charge in [0, 0.05) is 18.1 Å². The molecule has 2 saturated heterocycles. The van der Waals surface area contributed by atoms with Gasteiger partial charge in [0.05, 0.1) is 0 Å². The highest BCUT2D eigenvalue weighted by Gasteiger charge is 2.54. The molecule has 4 rings (SSSR count). The molecule has 2 nitrogen and oxygen atoms in total. The second-order valence-electron chi connectivity index (χ2n) is 8.18. The van der Waals surface area contributed by atoms with Crippen LogP contribution in [0, 0.1) is 23.7 Å². The highest BCUT2D eigenvalue weighted by molar-refractivity contribution is 5.10. The molecule has 4 fully saturated rings. The Morgan fingerprint density at radius 3 is 2.84 bits per heavy atom. The third kappa shape index (κ3) is 1.90. The highest BCUT2D eigenvalue weighted by Crippen LogP contribution is 2.54. The van der Waals surface area contributed by atoms with Gasteiger partial charge in [-0.15, -0.1) is 0 Å². The lowest BCUT2D eigenvalue weighted by molar-refractivity contribution is -0.0889. The van der Waals surface area contributed by atoms with Crippen LogP contribution in [-0.2, 0) is 0 Å². The highest BCUT2D eigenvalue weighted by atomic mass is 15.2. The van der Waals surface area contributed by atoms with E-state index in [4.69, 9.17) is 0 Å². The summed E-state index contributed by atoms with van der Waals surface area (Å²) >= 11 is 0. The number of hydrogen-bond acceptors (Lipinski definition) is 2. The van der Waals surface area contributed by atoms with Crippen LogP contribution in [0.15, 0.2) is 0 Å². The fourth-order valence-corrected chi connectivity index (χ4v) is 6.21. The first-order valence-corrected chi connectivity index (χ1v) is 8.63. The van der Waals surface area contributed by atoms with Crippen molar-refractivity contribution < 1.29 is 0 Å². The Morgan fingerprint density at radius 1 is 1.16 bits per heavy atom. The van der Waals surface area contributed by atoms with Gasteiger partial charge in [-0.05, 0) is 75.8 Å². The van der Waals surface area contributed by atoms with Crippen molar-refractivity contribution in [2.75, 3.05) is 20.1 Å². The Bertz CT molecular complexity index is 347. The molecule has 2 bridgehead atoms. The second kappa shape index (κ2) is 4.46. The van der Waals surface area contributed by atoms with E-state index in [0.717, 1.165) is 29.7 Å². The van der Waals surface area contributed by atoms with E-state index in [2.05, 4.69) is 24.2 Å². The van der Waals surface area contributed by atoms with Crippen LogP contribution in [0.3, 0.4) is 0 Å². The lowest BCUT2D eigenvalue weighted by Crippen LogP contribution is -2.67. The van der Waals surface area contributed by atoms with Crippen LogP contribution in [0.1, 0.15) is 51.9 Å². The number of nitrogens with zero attached hydrogens (tertiary/aromatic N) is 1. The van der Waals surface area contributed by atoms with Gasteiger partial charge in [-0.3, -0.25) is 0 Å². The van der Waals surface area contributed by atoms with E-state index in [1.807, 2.05) is 0 Å². The third-order valence-corrected chi connectivity index (χ3v) is 7.01. The first-order valence-electron chi connectivity index (χ1n) is 8.63.